The number of aromatic nitrogens is 3. The van der Waals surface area contributed by atoms with Gasteiger partial charge in [0.25, 0.3) is 0 Å². The summed E-state index contributed by atoms with van der Waals surface area (Å²) < 4.78 is 38.9. The molecule has 0 atom stereocenters. The van der Waals surface area contributed by atoms with Crippen LogP contribution < -0.4 is 5.73 Å². The summed E-state index contributed by atoms with van der Waals surface area (Å²) in [6, 6.07) is 3.37. The topological polar surface area (TPSA) is 105 Å². The molecule has 2 rings (SSSR count). The maximum Gasteiger partial charge on any atom is 0.243 e. The summed E-state index contributed by atoms with van der Waals surface area (Å²) in [7, 11) is -2.45. The van der Waals surface area contributed by atoms with Crippen molar-refractivity contribution in [1.82, 2.24) is 19.5 Å². The van der Waals surface area contributed by atoms with Crippen LogP contribution in [0.15, 0.2) is 23.1 Å². The van der Waals surface area contributed by atoms with Crippen LogP contribution >= 0.6 is 0 Å². The van der Waals surface area contributed by atoms with Crippen LogP contribution in [0.2, 0.25) is 0 Å². The van der Waals surface area contributed by atoms with E-state index in [1.807, 2.05) is 0 Å². The third-order valence-corrected chi connectivity index (χ3v) is 4.49. The molecule has 108 valence electrons. The fourth-order valence-corrected chi connectivity index (χ4v) is 2.73. The van der Waals surface area contributed by atoms with E-state index in [1.165, 1.54) is 19.2 Å². The van der Waals surface area contributed by atoms with Crippen LogP contribution in [0.25, 0.3) is 0 Å². The summed E-state index contributed by atoms with van der Waals surface area (Å²) in [5.74, 6) is 0.155. The molecule has 0 saturated heterocycles. The highest BCUT2D eigenvalue weighted by atomic mass is 32.2. The first-order chi connectivity index (χ1) is 9.30. The van der Waals surface area contributed by atoms with Crippen LogP contribution in [-0.4, -0.2) is 35.0 Å². The second-order valence-electron chi connectivity index (χ2n) is 4.28. The van der Waals surface area contributed by atoms with E-state index in [-0.39, 0.29) is 17.1 Å². The van der Waals surface area contributed by atoms with Crippen molar-refractivity contribution in [3.8, 4) is 0 Å². The number of sulfonamides is 1. The number of nitrogens with one attached hydrogen (secondary N) is 1. The molecule has 0 bridgehead atoms. The highest BCUT2D eigenvalue weighted by Crippen LogP contribution is 2.20. The first-order valence-corrected chi connectivity index (χ1v) is 7.14. The van der Waals surface area contributed by atoms with E-state index >= 15 is 0 Å². The zero-order valence-corrected chi connectivity index (χ0v) is 11.8. The fraction of sp³-hybridized carbons (Fsp3) is 0.273. The first kappa shape index (κ1) is 14.4. The molecule has 3 N–H and O–H groups in total. The Morgan fingerprint density at radius 1 is 1.45 bits per heavy atom. The van der Waals surface area contributed by atoms with Crippen molar-refractivity contribution >= 4 is 15.7 Å². The van der Waals surface area contributed by atoms with Crippen LogP contribution in [0.3, 0.4) is 0 Å². The van der Waals surface area contributed by atoms with Gasteiger partial charge >= 0.3 is 0 Å². The lowest BCUT2D eigenvalue weighted by Crippen LogP contribution is -2.27. The molecule has 1 heterocycles. The molecule has 7 nitrogen and oxygen atoms in total. The Kier molecular flexibility index (Phi) is 3.73. The van der Waals surface area contributed by atoms with Crippen LogP contribution in [-0.2, 0) is 16.6 Å². The van der Waals surface area contributed by atoms with Gasteiger partial charge in [-0.3, -0.25) is 5.10 Å². The van der Waals surface area contributed by atoms with Gasteiger partial charge < -0.3 is 5.73 Å². The zero-order chi connectivity index (χ0) is 14.9. The third-order valence-electron chi connectivity index (χ3n) is 2.69. The van der Waals surface area contributed by atoms with Crippen molar-refractivity contribution in [2.75, 3.05) is 12.8 Å². The molecule has 0 spiro atoms. The molecule has 0 aliphatic carbocycles. The van der Waals surface area contributed by atoms with Gasteiger partial charge in [-0.25, -0.2) is 17.8 Å². The Morgan fingerprint density at radius 2 is 2.15 bits per heavy atom. The molecule has 9 heteroatoms. The number of H-pyrrole nitrogens is 1. The SMILES string of the molecule is Cc1nc(CN(C)S(=O)(=O)c2ccc(N)c(F)c2)n[nH]1. The maximum absolute atomic E-state index is 13.4. The normalized spacial score (nSPS) is 12.0. The number of nitrogens with two attached hydrogens (primary N) is 1. The summed E-state index contributed by atoms with van der Waals surface area (Å²) >= 11 is 0. The number of nitrogen functional groups attached to an aromatic ring is 1. The quantitative estimate of drug-likeness (QED) is 0.807. The molecule has 0 aliphatic rings. The van der Waals surface area contributed by atoms with Crippen molar-refractivity contribution in [3.05, 3.63) is 35.7 Å². The summed E-state index contributed by atoms with van der Waals surface area (Å²) in [4.78, 5) is 3.86. The van der Waals surface area contributed by atoms with Crippen molar-refractivity contribution in [3.63, 3.8) is 0 Å². The minimum Gasteiger partial charge on any atom is -0.396 e. The van der Waals surface area contributed by atoms with Crippen LogP contribution in [0.5, 0.6) is 0 Å². The summed E-state index contributed by atoms with van der Waals surface area (Å²) in [5, 5.41) is 6.48. The molecule has 0 unspecified atom stereocenters. The number of halogens is 1. The highest BCUT2D eigenvalue weighted by molar-refractivity contribution is 7.89. The molecular weight excluding hydrogens is 285 g/mol. The van der Waals surface area contributed by atoms with Gasteiger partial charge in [0.05, 0.1) is 17.1 Å². The second kappa shape index (κ2) is 5.17. The number of nitrogens with zero attached hydrogens (tertiary/aromatic N) is 3. The average Bonchev–Trinajstić information content (AvgIpc) is 2.78. The van der Waals surface area contributed by atoms with E-state index in [0.717, 1.165) is 10.4 Å². The van der Waals surface area contributed by atoms with Crippen molar-refractivity contribution in [1.29, 1.82) is 0 Å². The van der Waals surface area contributed by atoms with Crippen molar-refractivity contribution in [2.45, 2.75) is 18.4 Å². The van der Waals surface area contributed by atoms with E-state index < -0.39 is 15.8 Å². The van der Waals surface area contributed by atoms with E-state index in [0.29, 0.717) is 11.6 Å². The Morgan fingerprint density at radius 3 is 2.70 bits per heavy atom. The standard InChI is InChI=1S/C11H14FN5O2S/c1-7-14-11(16-15-7)6-17(2)20(18,19)8-3-4-10(13)9(12)5-8/h3-5H,6,13H2,1-2H3,(H,14,15,16). The number of hydrogen-bond donors (Lipinski definition) is 2. The number of benzene rings is 1. The Labute approximate surface area is 115 Å². The van der Waals surface area contributed by atoms with Gasteiger partial charge in [-0.1, -0.05) is 0 Å². The minimum atomic E-state index is -3.82. The van der Waals surface area contributed by atoms with Gasteiger partial charge in [0.15, 0.2) is 5.82 Å². The molecule has 1 aromatic heterocycles. The van der Waals surface area contributed by atoms with Gasteiger partial charge in [0.2, 0.25) is 10.0 Å². The van der Waals surface area contributed by atoms with Gasteiger partial charge in [0.1, 0.15) is 11.6 Å². The monoisotopic (exact) mass is 299 g/mol. The molecular formula is C11H14FN5O2S. The van der Waals surface area contributed by atoms with Crippen molar-refractivity contribution < 1.29 is 12.8 Å². The number of hydrogen-bond acceptors (Lipinski definition) is 5. The van der Waals surface area contributed by atoms with Crippen LogP contribution in [0, 0.1) is 12.7 Å². The molecule has 1 aromatic carbocycles. The molecule has 0 amide bonds. The van der Waals surface area contributed by atoms with Gasteiger partial charge in [-0.05, 0) is 25.1 Å². The summed E-state index contributed by atoms with van der Waals surface area (Å²) in [5.41, 5.74) is 5.23. The smallest absolute Gasteiger partial charge is 0.243 e. The largest absolute Gasteiger partial charge is 0.396 e. The van der Waals surface area contributed by atoms with Gasteiger partial charge in [0, 0.05) is 7.05 Å². The molecule has 2 aromatic rings. The minimum absolute atomic E-state index is 0.0152. The average molecular weight is 299 g/mol. The summed E-state index contributed by atoms with van der Waals surface area (Å²) in [6.45, 7) is 1.69. The van der Waals surface area contributed by atoms with E-state index in [2.05, 4.69) is 15.2 Å². The number of anilines is 1. The van der Waals surface area contributed by atoms with Crippen LogP contribution in [0.1, 0.15) is 11.6 Å². The number of aromatic amines is 1. The van der Waals surface area contributed by atoms with E-state index in [1.54, 1.807) is 6.92 Å². The molecule has 20 heavy (non-hydrogen) atoms. The lowest BCUT2D eigenvalue weighted by molar-refractivity contribution is 0.456. The van der Waals surface area contributed by atoms with E-state index in [9.17, 15) is 12.8 Å². The van der Waals surface area contributed by atoms with E-state index in [4.69, 9.17) is 5.73 Å². The lowest BCUT2D eigenvalue weighted by Gasteiger charge is -2.15. The summed E-state index contributed by atoms with van der Waals surface area (Å²) in [6.07, 6.45) is 0. The molecule has 0 aliphatic heterocycles. The zero-order valence-electron chi connectivity index (χ0n) is 11.0. The van der Waals surface area contributed by atoms with Crippen LogP contribution in [0.4, 0.5) is 10.1 Å². The van der Waals surface area contributed by atoms with Gasteiger partial charge in [-0.2, -0.15) is 9.40 Å². The fourth-order valence-electron chi connectivity index (χ4n) is 1.59. The first-order valence-electron chi connectivity index (χ1n) is 5.70. The third kappa shape index (κ3) is 2.78. The predicted octanol–water partition coefficient (Wildman–Crippen LogP) is 0.655. The molecule has 0 radical (unpaired) electrons. The Hall–Kier alpha value is -2.00. The Bertz CT molecular complexity index is 728. The highest BCUT2D eigenvalue weighted by Gasteiger charge is 2.23. The molecule has 0 fully saturated rings. The Balaban J connectivity index is 2.27. The predicted molar refractivity (Wildman–Crippen MR) is 70.6 cm³/mol. The maximum atomic E-state index is 13.4. The van der Waals surface area contributed by atoms with Crippen molar-refractivity contribution in [2.24, 2.45) is 0 Å². The number of rotatable bonds is 4. The second-order valence-corrected chi connectivity index (χ2v) is 6.33. The van der Waals surface area contributed by atoms with Gasteiger partial charge in [-0.15, -0.1) is 0 Å². The molecule has 0 saturated carbocycles. The number of aryl methyl sites for hydroxylation is 1. The lowest BCUT2D eigenvalue weighted by atomic mass is 10.3.